The summed E-state index contributed by atoms with van der Waals surface area (Å²) in [6.07, 6.45) is 14.0. The first-order valence-corrected chi connectivity index (χ1v) is 11.7. The standard InChI is InChI=1S/C25H36ClFO/c1-4-6-18-7-9-19(10-8-18)17(3)20-11-13-21(14-12-20)22-15-16-23(28-5-2)25(27)24(22)26/h13,15-20H,4-12,14H2,1-3H3/t17?,18-,19-,20?. The molecular formula is C25H36ClFO. The van der Waals surface area contributed by atoms with Gasteiger partial charge in [0.05, 0.1) is 11.6 Å². The molecule has 3 rings (SSSR count). The summed E-state index contributed by atoms with van der Waals surface area (Å²) in [6, 6.07) is 3.63. The summed E-state index contributed by atoms with van der Waals surface area (Å²) in [5.41, 5.74) is 2.04. The lowest BCUT2D eigenvalue weighted by Gasteiger charge is -2.37. The Kier molecular flexibility index (Phi) is 7.85. The van der Waals surface area contributed by atoms with E-state index in [9.17, 15) is 4.39 Å². The zero-order valence-corrected chi connectivity index (χ0v) is 18.5. The minimum atomic E-state index is -0.429. The van der Waals surface area contributed by atoms with Crippen LogP contribution >= 0.6 is 11.6 Å². The maximum Gasteiger partial charge on any atom is 0.184 e. The Bertz CT molecular complexity index is 675. The summed E-state index contributed by atoms with van der Waals surface area (Å²) in [6.45, 7) is 7.07. The van der Waals surface area contributed by atoms with E-state index >= 15 is 0 Å². The molecule has 156 valence electrons. The van der Waals surface area contributed by atoms with Gasteiger partial charge in [-0.3, -0.25) is 0 Å². The van der Waals surface area contributed by atoms with Crippen LogP contribution in [0.1, 0.15) is 84.1 Å². The number of hydrogen-bond acceptors (Lipinski definition) is 1. The second-order valence-electron chi connectivity index (χ2n) is 8.86. The highest BCUT2D eigenvalue weighted by Crippen LogP contribution is 2.44. The topological polar surface area (TPSA) is 9.23 Å². The van der Waals surface area contributed by atoms with Gasteiger partial charge in [-0.15, -0.1) is 0 Å². The number of hydrogen-bond donors (Lipinski definition) is 0. The zero-order valence-electron chi connectivity index (χ0n) is 17.8. The minimum Gasteiger partial charge on any atom is -0.491 e. The van der Waals surface area contributed by atoms with Gasteiger partial charge in [-0.1, -0.05) is 57.2 Å². The third kappa shape index (κ3) is 4.93. The molecule has 0 aliphatic heterocycles. The average molecular weight is 407 g/mol. The van der Waals surface area contributed by atoms with Gasteiger partial charge >= 0.3 is 0 Å². The maximum atomic E-state index is 14.5. The smallest absolute Gasteiger partial charge is 0.184 e. The number of benzene rings is 1. The van der Waals surface area contributed by atoms with Crippen molar-refractivity contribution in [3.05, 3.63) is 34.6 Å². The van der Waals surface area contributed by atoms with Crippen LogP contribution in [0.2, 0.25) is 5.02 Å². The van der Waals surface area contributed by atoms with Crippen molar-refractivity contribution >= 4 is 17.2 Å². The Morgan fingerprint density at radius 1 is 1.11 bits per heavy atom. The number of rotatable bonds is 7. The van der Waals surface area contributed by atoms with Gasteiger partial charge in [0.15, 0.2) is 11.6 Å². The number of allylic oxidation sites excluding steroid dienone is 2. The van der Waals surface area contributed by atoms with Crippen molar-refractivity contribution in [3.8, 4) is 5.75 Å². The van der Waals surface area contributed by atoms with E-state index in [1.807, 2.05) is 13.0 Å². The SMILES string of the molecule is CCC[C@H]1CC[C@H](C(C)C2CC=C(c3ccc(OCC)c(F)c3Cl)CC2)CC1. The summed E-state index contributed by atoms with van der Waals surface area (Å²) in [7, 11) is 0. The lowest BCUT2D eigenvalue weighted by Crippen LogP contribution is -2.26. The highest BCUT2D eigenvalue weighted by atomic mass is 35.5. The molecule has 1 saturated carbocycles. The Hall–Kier alpha value is -1.02. The van der Waals surface area contributed by atoms with Crippen LogP contribution < -0.4 is 4.74 Å². The third-order valence-electron chi connectivity index (χ3n) is 7.22. The van der Waals surface area contributed by atoms with E-state index in [2.05, 4.69) is 19.9 Å². The van der Waals surface area contributed by atoms with Crippen LogP contribution in [0.15, 0.2) is 18.2 Å². The molecule has 0 amide bonds. The van der Waals surface area contributed by atoms with Crippen molar-refractivity contribution in [1.29, 1.82) is 0 Å². The summed E-state index contributed by atoms with van der Waals surface area (Å²) >= 11 is 6.33. The maximum absolute atomic E-state index is 14.5. The molecule has 0 bridgehead atoms. The fourth-order valence-electron chi connectivity index (χ4n) is 5.42. The number of ether oxygens (including phenoxy) is 1. The predicted octanol–water partition coefficient (Wildman–Crippen LogP) is 8.30. The van der Waals surface area contributed by atoms with Gasteiger partial charge in [0.2, 0.25) is 0 Å². The molecule has 3 heteroatoms. The fourth-order valence-corrected chi connectivity index (χ4v) is 5.70. The first-order chi connectivity index (χ1) is 13.5. The van der Waals surface area contributed by atoms with Crippen LogP contribution in [-0.2, 0) is 0 Å². The van der Waals surface area contributed by atoms with E-state index in [0.29, 0.717) is 6.61 Å². The lowest BCUT2D eigenvalue weighted by molar-refractivity contribution is 0.155. The molecular weight excluding hydrogens is 371 g/mol. The Labute approximate surface area is 175 Å². The lowest BCUT2D eigenvalue weighted by atomic mass is 9.68. The molecule has 0 N–H and O–H groups in total. The van der Waals surface area contributed by atoms with Gasteiger partial charge in [-0.05, 0) is 86.0 Å². The van der Waals surface area contributed by atoms with Crippen molar-refractivity contribution in [2.45, 2.75) is 78.6 Å². The predicted molar refractivity (Wildman–Crippen MR) is 117 cm³/mol. The van der Waals surface area contributed by atoms with Crippen LogP contribution in [0.5, 0.6) is 5.75 Å². The summed E-state index contributed by atoms with van der Waals surface area (Å²) in [5, 5.41) is 0.206. The molecule has 0 heterocycles. The Morgan fingerprint density at radius 2 is 1.86 bits per heavy atom. The van der Waals surface area contributed by atoms with E-state index in [1.165, 1.54) is 50.5 Å². The highest BCUT2D eigenvalue weighted by Gasteiger charge is 2.31. The van der Waals surface area contributed by atoms with E-state index in [-0.39, 0.29) is 10.8 Å². The molecule has 1 aromatic carbocycles. The molecule has 28 heavy (non-hydrogen) atoms. The van der Waals surface area contributed by atoms with Crippen LogP contribution in [-0.4, -0.2) is 6.61 Å². The molecule has 0 spiro atoms. The summed E-state index contributed by atoms with van der Waals surface area (Å²) in [5.74, 6) is 3.22. The first kappa shape index (κ1) is 21.7. The highest BCUT2D eigenvalue weighted by molar-refractivity contribution is 6.32. The van der Waals surface area contributed by atoms with Crippen molar-refractivity contribution < 1.29 is 9.13 Å². The van der Waals surface area contributed by atoms with Crippen LogP contribution in [0.3, 0.4) is 0 Å². The van der Waals surface area contributed by atoms with Gasteiger partial charge in [-0.25, -0.2) is 4.39 Å². The molecule has 0 aromatic heterocycles. The fraction of sp³-hybridized carbons (Fsp3) is 0.680. The number of halogens is 2. The van der Waals surface area contributed by atoms with Crippen molar-refractivity contribution in [3.63, 3.8) is 0 Å². The molecule has 1 aromatic rings. The Morgan fingerprint density at radius 3 is 2.46 bits per heavy atom. The molecule has 2 aliphatic carbocycles. The van der Waals surface area contributed by atoms with E-state index in [1.54, 1.807) is 6.07 Å². The van der Waals surface area contributed by atoms with Gasteiger partial charge < -0.3 is 4.74 Å². The van der Waals surface area contributed by atoms with Gasteiger partial charge in [0, 0.05) is 0 Å². The zero-order chi connectivity index (χ0) is 20.1. The van der Waals surface area contributed by atoms with Gasteiger partial charge in [0.1, 0.15) is 0 Å². The quantitative estimate of drug-likeness (QED) is 0.442. The van der Waals surface area contributed by atoms with Crippen molar-refractivity contribution in [1.82, 2.24) is 0 Å². The van der Waals surface area contributed by atoms with Gasteiger partial charge in [0.25, 0.3) is 0 Å². The second kappa shape index (κ2) is 10.1. The summed E-state index contributed by atoms with van der Waals surface area (Å²) in [4.78, 5) is 0. The second-order valence-corrected chi connectivity index (χ2v) is 9.24. The first-order valence-electron chi connectivity index (χ1n) is 11.3. The normalized spacial score (nSPS) is 26.6. The molecule has 1 nitrogen and oxygen atoms in total. The van der Waals surface area contributed by atoms with Gasteiger partial charge in [-0.2, -0.15) is 0 Å². The van der Waals surface area contributed by atoms with E-state index in [0.717, 1.165) is 42.1 Å². The van der Waals surface area contributed by atoms with Crippen LogP contribution in [0, 0.1) is 29.5 Å². The molecule has 0 radical (unpaired) electrons. The molecule has 1 fully saturated rings. The van der Waals surface area contributed by atoms with E-state index < -0.39 is 5.82 Å². The average Bonchev–Trinajstić information content (AvgIpc) is 2.72. The molecule has 2 aliphatic rings. The van der Waals surface area contributed by atoms with E-state index in [4.69, 9.17) is 16.3 Å². The van der Waals surface area contributed by atoms with Crippen molar-refractivity contribution in [2.24, 2.45) is 23.7 Å². The monoisotopic (exact) mass is 406 g/mol. The van der Waals surface area contributed by atoms with Crippen LogP contribution in [0.4, 0.5) is 4.39 Å². The molecule has 2 unspecified atom stereocenters. The third-order valence-corrected chi connectivity index (χ3v) is 7.59. The molecule has 2 atom stereocenters. The molecule has 0 saturated heterocycles. The van der Waals surface area contributed by atoms with Crippen LogP contribution in [0.25, 0.3) is 5.57 Å². The summed E-state index contributed by atoms with van der Waals surface area (Å²) < 4.78 is 19.8. The van der Waals surface area contributed by atoms with Crippen molar-refractivity contribution in [2.75, 3.05) is 6.61 Å². The largest absolute Gasteiger partial charge is 0.491 e. The minimum absolute atomic E-state index is 0.206. The Balaban J connectivity index is 1.61.